The number of unbranched alkanes of at least 4 members (excludes halogenated alkanes) is 4. The number of carbonyl (C=O) groups is 3. The van der Waals surface area contributed by atoms with Crippen molar-refractivity contribution < 1.29 is 14.4 Å². The molecule has 0 aliphatic carbocycles. The maximum atomic E-state index is 14.5. The maximum Gasteiger partial charge on any atom is 0.329 e. The Labute approximate surface area is 277 Å². The van der Waals surface area contributed by atoms with Gasteiger partial charge in [0.25, 0.3) is 0 Å². The summed E-state index contributed by atoms with van der Waals surface area (Å²) in [4.78, 5) is 51.8. The molecule has 9 heteroatoms. The highest BCUT2D eigenvalue weighted by atomic mass is 16.2. The highest BCUT2D eigenvalue weighted by molar-refractivity contribution is 6.02. The molecule has 46 heavy (non-hydrogen) atoms. The van der Waals surface area contributed by atoms with Crippen LogP contribution in [0.4, 0.5) is 21.0 Å². The zero-order chi connectivity index (χ0) is 33.3. The first-order valence-electron chi connectivity index (χ1n) is 17.6. The number of rotatable bonds is 17. The molecule has 1 atom stereocenters. The second kappa shape index (κ2) is 19.8. The predicted octanol–water partition coefficient (Wildman–Crippen LogP) is 6.89. The zero-order valence-electron chi connectivity index (χ0n) is 29.0. The third-order valence-electron chi connectivity index (χ3n) is 8.84. The predicted molar refractivity (Wildman–Crippen MR) is 189 cm³/mol. The Balaban J connectivity index is 1.88. The number of hydrogen-bond acceptors (Lipinski definition) is 4. The van der Waals surface area contributed by atoms with Crippen LogP contribution in [0.3, 0.4) is 0 Å². The SMILES string of the molecule is CCCCCN(CCCCC)C(=O)N1CCN(C(=O)N(c2ccccc2)c2cccc(C)c2)[C@H](C(=O)NCCCN(CC)CC)C1. The lowest BCUT2D eigenvalue weighted by atomic mass is 10.1. The normalized spacial score (nSPS) is 14.8. The van der Waals surface area contributed by atoms with Crippen molar-refractivity contribution in [2.75, 3.05) is 63.8 Å². The minimum absolute atomic E-state index is 0.0303. The molecule has 9 nitrogen and oxygen atoms in total. The van der Waals surface area contributed by atoms with Gasteiger partial charge in [-0.3, -0.25) is 9.69 Å². The number of nitrogens with one attached hydrogen (secondary N) is 1. The summed E-state index contributed by atoms with van der Waals surface area (Å²) >= 11 is 0. The fraction of sp³-hybridized carbons (Fsp3) is 0.595. The molecule has 0 radical (unpaired) electrons. The van der Waals surface area contributed by atoms with E-state index in [1.807, 2.05) is 66.4 Å². The molecule has 2 aromatic rings. The maximum absolute atomic E-state index is 14.5. The molecule has 0 unspecified atom stereocenters. The molecule has 3 rings (SSSR count). The van der Waals surface area contributed by atoms with Gasteiger partial charge in [-0.05, 0) is 75.6 Å². The van der Waals surface area contributed by atoms with E-state index >= 15 is 0 Å². The smallest absolute Gasteiger partial charge is 0.329 e. The first kappa shape index (κ1) is 36.9. The average molecular weight is 635 g/mol. The van der Waals surface area contributed by atoms with Gasteiger partial charge < -0.3 is 24.9 Å². The molecule has 0 aromatic heterocycles. The Kier molecular flexibility index (Phi) is 15.9. The van der Waals surface area contributed by atoms with Gasteiger partial charge >= 0.3 is 12.1 Å². The van der Waals surface area contributed by atoms with Crippen LogP contribution in [0.25, 0.3) is 0 Å². The van der Waals surface area contributed by atoms with Crippen molar-refractivity contribution in [3.05, 3.63) is 60.2 Å². The van der Waals surface area contributed by atoms with E-state index in [1.54, 1.807) is 14.7 Å². The van der Waals surface area contributed by atoms with Gasteiger partial charge in [0.05, 0.1) is 17.9 Å². The van der Waals surface area contributed by atoms with Gasteiger partial charge in [0.2, 0.25) is 5.91 Å². The molecule has 5 amide bonds. The van der Waals surface area contributed by atoms with Gasteiger partial charge in [-0.2, -0.15) is 0 Å². The number of urea groups is 2. The van der Waals surface area contributed by atoms with E-state index in [-0.39, 0.29) is 31.1 Å². The molecule has 0 saturated carbocycles. The van der Waals surface area contributed by atoms with Crippen LogP contribution in [0.1, 0.15) is 78.2 Å². The third-order valence-corrected chi connectivity index (χ3v) is 8.84. The number of hydrogen-bond donors (Lipinski definition) is 1. The van der Waals surface area contributed by atoms with Crippen LogP contribution >= 0.6 is 0 Å². The Morgan fingerprint density at radius 1 is 0.761 bits per heavy atom. The van der Waals surface area contributed by atoms with Crippen LogP contribution in [-0.4, -0.2) is 103 Å². The summed E-state index contributed by atoms with van der Waals surface area (Å²) in [6, 6.07) is 16.3. The van der Waals surface area contributed by atoms with Crippen LogP contribution in [0.2, 0.25) is 0 Å². The van der Waals surface area contributed by atoms with Crippen LogP contribution in [0.5, 0.6) is 0 Å². The molecule has 1 aliphatic heterocycles. The van der Waals surface area contributed by atoms with Crippen LogP contribution in [0.15, 0.2) is 54.6 Å². The number of benzene rings is 2. The van der Waals surface area contributed by atoms with E-state index in [1.165, 1.54) is 0 Å². The molecule has 254 valence electrons. The largest absolute Gasteiger partial charge is 0.354 e. The van der Waals surface area contributed by atoms with Crippen molar-refractivity contribution in [1.29, 1.82) is 0 Å². The summed E-state index contributed by atoms with van der Waals surface area (Å²) < 4.78 is 0. The Morgan fingerprint density at radius 3 is 2.02 bits per heavy atom. The lowest BCUT2D eigenvalue weighted by molar-refractivity contribution is -0.127. The lowest BCUT2D eigenvalue weighted by Gasteiger charge is -2.43. The Morgan fingerprint density at radius 2 is 1.41 bits per heavy atom. The van der Waals surface area contributed by atoms with Crippen molar-refractivity contribution in [2.24, 2.45) is 0 Å². The summed E-state index contributed by atoms with van der Waals surface area (Å²) in [6.45, 7) is 16.2. The Bertz CT molecular complexity index is 1190. The van der Waals surface area contributed by atoms with E-state index in [4.69, 9.17) is 0 Å². The number of amides is 5. The van der Waals surface area contributed by atoms with Crippen LogP contribution in [-0.2, 0) is 4.79 Å². The number of para-hydroxylation sites is 1. The molecule has 1 aliphatic rings. The molecule has 1 saturated heterocycles. The first-order valence-corrected chi connectivity index (χ1v) is 17.6. The summed E-state index contributed by atoms with van der Waals surface area (Å²) in [5.41, 5.74) is 2.51. The Hall–Kier alpha value is -3.59. The van der Waals surface area contributed by atoms with Crippen molar-refractivity contribution in [1.82, 2.24) is 24.9 Å². The number of piperazine rings is 1. The molecular weight excluding hydrogens is 576 g/mol. The van der Waals surface area contributed by atoms with Gasteiger partial charge in [-0.15, -0.1) is 0 Å². The van der Waals surface area contributed by atoms with Gasteiger partial charge in [0.15, 0.2) is 0 Å². The summed E-state index contributed by atoms with van der Waals surface area (Å²) in [5.74, 6) is -0.217. The van der Waals surface area contributed by atoms with Crippen molar-refractivity contribution in [2.45, 2.75) is 85.6 Å². The van der Waals surface area contributed by atoms with E-state index < -0.39 is 6.04 Å². The molecule has 0 spiro atoms. The van der Waals surface area contributed by atoms with Gasteiger partial charge in [0, 0.05) is 32.7 Å². The quantitative estimate of drug-likeness (QED) is 0.192. The highest BCUT2D eigenvalue weighted by Crippen LogP contribution is 2.29. The molecule has 2 aromatic carbocycles. The number of anilines is 2. The minimum atomic E-state index is -0.803. The molecule has 1 N–H and O–H groups in total. The van der Waals surface area contributed by atoms with Crippen LogP contribution in [0, 0.1) is 6.92 Å². The fourth-order valence-electron chi connectivity index (χ4n) is 6.03. The van der Waals surface area contributed by atoms with Gasteiger partial charge in [-0.1, -0.05) is 83.7 Å². The van der Waals surface area contributed by atoms with Crippen molar-refractivity contribution in [3.8, 4) is 0 Å². The summed E-state index contributed by atoms with van der Waals surface area (Å²) in [5, 5.41) is 3.11. The highest BCUT2D eigenvalue weighted by Gasteiger charge is 2.40. The van der Waals surface area contributed by atoms with Crippen LogP contribution < -0.4 is 10.2 Å². The lowest BCUT2D eigenvalue weighted by Crippen LogP contribution is -2.64. The second-order valence-electron chi connectivity index (χ2n) is 12.3. The topological polar surface area (TPSA) is 79.4 Å². The molecular formula is C37H58N6O3. The number of aryl methyl sites for hydroxylation is 1. The first-order chi connectivity index (χ1) is 22.3. The summed E-state index contributed by atoms with van der Waals surface area (Å²) in [7, 11) is 0. The van der Waals surface area contributed by atoms with Crippen molar-refractivity contribution >= 4 is 29.3 Å². The molecule has 0 bridgehead atoms. The average Bonchev–Trinajstić information content (AvgIpc) is 3.07. The standard InChI is InChI=1S/C37H58N6O3/c1-6-10-15-25-40(26-16-11-7-2)36(45)41-27-28-42(34(30-41)35(44)38-23-18-24-39(8-3)9-4)37(46)43(32-20-13-12-14-21-32)33-22-17-19-31(5)29-33/h12-14,17,19-22,29,34H,6-11,15-16,18,23-28,30H2,1-5H3,(H,38,44)/t34-/m0/s1. The monoisotopic (exact) mass is 634 g/mol. The molecule has 1 fully saturated rings. The van der Waals surface area contributed by atoms with E-state index in [0.29, 0.717) is 26.2 Å². The number of carbonyl (C=O) groups excluding carboxylic acids is 3. The van der Waals surface area contributed by atoms with E-state index in [0.717, 1.165) is 81.5 Å². The third kappa shape index (κ3) is 10.7. The summed E-state index contributed by atoms with van der Waals surface area (Å²) in [6.07, 6.45) is 7.08. The van der Waals surface area contributed by atoms with Crippen molar-refractivity contribution in [3.63, 3.8) is 0 Å². The fourth-order valence-corrected chi connectivity index (χ4v) is 6.03. The van der Waals surface area contributed by atoms with Gasteiger partial charge in [-0.25, -0.2) is 9.59 Å². The van der Waals surface area contributed by atoms with Gasteiger partial charge in [0.1, 0.15) is 6.04 Å². The minimum Gasteiger partial charge on any atom is -0.354 e. The second-order valence-corrected chi connectivity index (χ2v) is 12.3. The molecule has 1 heterocycles. The van der Waals surface area contributed by atoms with E-state index in [2.05, 4.69) is 37.9 Å². The zero-order valence-corrected chi connectivity index (χ0v) is 29.0. The van der Waals surface area contributed by atoms with E-state index in [9.17, 15) is 14.4 Å². The number of nitrogens with zero attached hydrogens (tertiary/aromatic N) is 5.